The number of carbonyl (C=O) groups excluding carboxylic acids is 1. The molecule has 5 heteroatoms. The minimum absolute atomic E-state index is 0.0265. The Kier molecular flexibility index (Phi) is 6.86. The predicted molar refractivity (Wildman–Crippen MR) is 108 cm³/mol. The Labute approximate surface area is 166 Å². The second-order valence-electron chi connectivity index (χ2n) is 7.57. The monoisotopic (exact) mass is 386 g/mol. The van der Waals surface area contributed by atoms with Crippen LogP contribution in [0.3, 0.4) is 0 Å². The lowest BCUT2D eigenvalue weighted by atomic mass is 9.74. The molecule has 1 amide bonds. The fraction of sp³-hybridized carbons (Fsp3) is 0.455. The minimum Gasteiger partial charge on any atom is -0.396 e. The van der Waals surface area contributed by atoms with Crippen LogP contribution in [0.15, 0.2) is 48.7 Å². The van der Waals surface area contributed by atoms with Gasteiger partial charge in [0.25, 0.3) is 0 Å². The van der Waals surface area contributed by atoms with Crippen molar-refractivity contribution in [3.8, 4) is 0 Å². The number of hydrogen-bond acceptors (Lipinski definition) is 3. The summed E-state index contributed by atoms with van der Waals surface area (Å²) in [5.41, 5.74) is 1.62. The number of aromatic nitrogens is 1. The number of benzene rings is 1. The number of nitrogens with zero attached hydrogens (tertiary/aromatic N) is 1. The molecule has 1 aromatic heterocycles. The van der Waals surface area contributed by atoms with E-state index in [1.54, 1.807) is 6.20 Å². The third-order valence-electron chi connectivity index (χ3n) is 5.62. The van der Waals surface area contributed by atoms with Gasteiger partial charge in [-0.05, 0) is 42.7 Å². The minimum atomic E-state index is -0.337. The predicted octanol–water partition coefficient (Wildman–Crippen LogP) is 4.12. The van der Waals surface area contributed by atoms with Crippen molar-refractivity contribution in [2.75, 3.05) is 13.2 Å². The van der Waals surface area contributed by atoms with Crippen molar-refractivity contribution in [2.45, 2.75) is 44.4 Å². The fourth-order valence-electron chi connectivity index (χ4n) is 3.88. The molecule has 1 aliphatic rings. The van der Waals surface area contributed by atoms with Gasteiger partial charge in [-0.3, -0.25) is 9.78 Å². The molecule has 1 heterocycles. The molecule has 1 fully saturated rings. The Morgan fingerprint density at radius 1 is 1.15 bits per heavy atom. The van der Waals surface area contributed by atoms with Crippen molar-refractivity contribution in [2.24, 2.45) is 5.41 Å². The van der Waals surface area contributed by atoms with Crippen molar-refractivity contribution >= 4 is 17.5 Å². The van der Waals surface area contributed by atoms with Crippen molar-refractivity contribution < 1.29 is 9.90 Å². The number of aliphatic hydroxyl groups is 1. The van der Waals surface area contributed by atoms with Crippen molar-refractivity contribution in [3.05, 3.63) is 64.9 Å². The Balaban J connectivity index is 1.74. The van der Waals surface area contributed by atoms with Gasteiger partial charge < -0.3 is 10.4 Å². The highest BCUT2D eigenvalue weighted by Gasteiger charge is 2.33. The Bertz CT molecular complexity index is 728. The van der Waals surface area contributed by atoms with E-state index in [0.717, 1.165) is 36.9 Å². The van der Waals surface area contributed by atoms with E-state index in [-0.39, 0.29) is 23.8 Å². The molecule has 4 nitrogen and oxygen atoms in total. The van der Waals surface area contributed by atoms with Crippen LogP contribution in [0.5, 0.6) is 0 Å². The SMILES string of the molecule is O=C(NCC1(CO)CCCCC1)C(Cc1ccccn1)c1ccc(Cl)cc1. The second kappa shape index (κ2) is 9.34. The van der Waals surface area contributed by atoms with E-state index in [9.17, 15) is 9.90 Å². The van der Waals surface area contributed by atoms with Gasteiger partial charge in [-0.15, -0.1) is 0 Å². The van der Waals surface area contributed by atoms with Gasteiger partial charge in [0, 0.05) is 35.3 Å². The number of hydrogen-bond donors (Lipinski definition) is 2. The van der Waals surface area contributed by atoms with Gasteiger partial charge in [0.05, 0.1) is 12.5 Å². The molecule has 2 aromatic rings. The summed E-state index contributed by atoms with van der Waals surface area (Å²) in [5.74, 6) is -0.363. The number of pyridine rings is 1. The van der Waals surface area contributed by atoms with Crippen LogP contribution in [-0.2, 0) is 11.2 Å². The summed E-state index contributed by atoms with van der Waals surface area (Å²) >= 11 is 6.02. The molecule has 0 aliphatic heterocycles. The lowest BCUT2D eigenvalue weighted by molar-refractivity contribution is -0.123. The summed E-state index contributed by atoms with van der Waals surface area (Å²) in [6.07, 6.45) is 7.65. The Morgan fingerprint density at radius 2 is 1.89 bits per heavy atom. The average Bonchev–Trinajstić information content (AvgIpc) is 2.72. The van der Waals surface area contributed by atoms with Crippen LogP contribution in [-0.4, -0.2) is 29.1 Å². The summed E-state index contributed by atoms with van der Waals surface area (Å²) in [4.78, 5) is 17.5. The number of rotatable bonds is 7. The molecule has 0 radical (unpaired) electrons. The lowest BCUT2D eigenvalue weighted by Crippen LogP contribution is -2.43. The normalized spacial score (nSPS) is 17.3. The smallest absolute Gasteiger partial charge is 0.227 e. The van der Waals surface area contributed by atoms with Gasteiger partial charge in [0.1, 0.15) is 0 Å². The van der Waals surface area contributed by atoms with Gasteiger partial charge in [-0.1, -0.05) is 49.1 Å². The first-order valence-corrected chi connectivity index (χ1v) is 10.0. The molecule has 1 aliphatic carbocycles. The van der Waals surface area contributed by atoms with Crippen LogP contribution in [0, 0.1) is 5.41 Å². The van der Waals surface area contributed by atoms with Crippen molar-refractivity contribution in [1.82, 2.24) is 10.3 Å². The molecular weight excluding hydrogens is 360 g/mol. The number of halogens is 1. The first-order valence-electron chi connectivity index (χ1n) is 9.66. The first kappa shape index (κ1) is 19.8. The Hall–Kier alpha value is -1.91. The molecule has 0 bridgehead atoms. The maximum absolute atomic E-state index is 13.1. The van der Waals surface area contributed by atoms with E-state index < -0.39 is 0 Å². The number of aliphatic hydroxyl groups excluding tert-OH is 1. The van der Waals surface area contributed by atoms with E-state index in [1.165, 1.54) is 6.42 Å². The summed E-state index contributed by atoms with van der Waals surface area (Å²) in [7, 11) is 0. The highest BCUT2D eigenvalue weighted by atomic mass is 35.5. The summed E-state index contributed by atoms with van der Waals surface area (Å²) in [6.45, 7) is 0.647. The molecule has 27 heavy (non-hydrogen) atoms. The topological polar surface area (TPSA) is 62.2 Å². The number of carbonyl (C=O) groups is 1. The highest BCUT2D eigenvalue weighted by Crippen LogP contribution is 2.35. The molecule has 0 saturated heterocycles. The van der Waals surface area contributed by atoms with Crippen LogP contribution in [0.1, 0.15) is 49.3 Å². The number of amides is 1. The maximum atomic E-state index is 13.1. The quantitative estimate of drug-likeness (QED) is 0.752. The van der Waals surface area contributed by atoms with Crippen molar-refractivity contribution in [3.63, 3.8) is 0 Å². The average molecular weight is 387 g/mol. The largest absolute Gasteiger partial charge is 0.396 e. The van der Waals surface area contributed by atoms with Gasteiger partial charge in [0.2, 0.25) is 5.91 Å². The zero-order valence-electron chi connectivity index (χ0n) is 15.5. The van der Waals surface area contributed by atoms with E-state index in [1.807, 2.05) is 42.5 Å². The Morgan fingerprint density at radius 3 is 2.52 bits per heavy atom. The van der Waals surface area contributed by atoms with Crippen LogP contribution < -0.4 is 5.32 Å². The van der Waals surface area contributed by atoms with Gasteiger partial charge in [-0.25, -0.2) is 0 Å². The first-order chi connectivity index (χ1) is 13.1. The second-order valence-corrected chi connectivity index (χ2v) is 8.00. The van der Waals surface area contributed by atoms with E-state index in [4.69, 9.17) is 11.6 Å². The molecule has 3 rings (SSSR count). The fourth-order valence-corrected chi connectivity index (χ4v) is 4.00. The summed E-state index contributed by atoms with van der Waals surface area (Å²) < 4.78 is 0. The third-order valence-corrected chi connectivity index (χ3v) is 5.87. The van der Waals surface area contributed by atoms with Gasteiger partial charge in [0.15, 0.2) is 0 Å². The highest BCUT2D eigenvalue weighted by molar-refractivity contribution is 6.30. The maximum Gasteiger partial charge on any atom is 0.227 e. The zero-order valence-corrected chi connectivity index (χ0v) is 16.3. The third kappa shape index (κ3) is 5.30. The van der Waals surface area contributed by atoms with E-state index >= 15 is 0 Å². The molecule has 1 atom stereocenters. The van der Waals surface area contributed by atoms with Crippen LogP contribution in [0.4, 0.5) is 0 Å². The molecule has 1 unspecified atom stereocenters. The lowest BCUT2D eigenvalue weighted by Gasteiger charge is -2.36. The molecule has 144 valence electrons. The standard InChI is InChI=1S/C22H27ClN2O2/c23-18-9-7-17(8-10-18)20(14-19-6-2-5-13-24-19)21(27)25-15-22(16-26)11-3-1-4-12-22/h2,5-10,13,20,26H,1,3-4,11-12,14-16H2,(H,25,27). The van der Waals surface area contributed by atoms with Crippen LogP contribution in [0.2, 0.25) is 5.02 Å². The van der Waals surface area contributed by atoms with E-state index in [2.05, 4.69) is 10.3 Å². The van der Waals surface area contributed by atoms with Crippen molar-refractivity contribution in [1.29, 1.82) is 0 Å². The molecule has 1 saturated carbocycles. The number of nitrogens with one attached hydrogen (secondary N) is 1. The molecule has 0 spiro atoms. The summed E-state index contributed by atoms with van der Waals surface area (Å²) in [5, 5.41) is 13.7. The zero-order chi connectivity index (χ0) is 19.1. The molecule has 1 aromatic carbocycles. The van der Waals surface area contributed by atoms with Crippen LogP contribution >= 0.6 is 11.6 Å². The molecular formula is C22H27ClN2O2. The van der Waals surface area contributed by atoms with E-state index in [0.29, 0.717) is 18.0 Å². The molecule has 2 N–H and O–H groups in total. The van der Waals surface area contributed by atoms with Gasteiger partial charge >= 0.3 is 0 Å². The van der Waals surface area contributed by atoms with Crippen LogP contribution in [0.25, 0.3) is 0 Å². The van der Waals surface area contributed by atoms with Gasteiger partial charge in [-0.2, -0.15) is 0 Å². The summed E-state index contributed by atoms with van der Waals surface area (Å²) in [6, 6.07) is 13.2.